The third-order valence-corrected chi connectivity index (χ3v) is 2.58. The smallest absolute Gasteiger partial charge is 1.00 e. The number of pyridine rings is 1. The maximum Gasteiger partial charge on any atom is 1.00 e. The van der Waals surface area contributed by atoms with Gasteiger partial charge in [0, 0.05) is 22.9 Å². The van der Waals surface area contributed by atoms with E-state index in [1.807, 2.05) is 18.2 Å². The molecule has 3 nitrogen and oxygen atoms in total. The number of aromatic hydroxyl groups is 2. The summed E-state index contributed by atoms with van der Waals surface area (Å²) in [6, 6.07) is 12.1. The molecule has 3 aromatic rings. The molecule has 0 unspecified atom stereocenters. The Kier molecular flexibility index (Phi) is 5.46. The van der Waals surface area contributed by atoms with Crippen LogP contribution in [0.4, 0.5) is 0 Å². The number of fused-ring (bicyclic) bond motifs is 2. The fourth-order valence-corrected chi connectivity index (χ4v) is 1.80. The fourth-order valence-electron chi connectivity index (χ4n) is 1.80. The molecular weight excluding hydrogens is 248 g/mol. The minimum absolute atomic E-state index is 0. The molecule has 1 heterocycles. The molecule has 0 saturated heterocycles. The second-order valence-electron chi connectivity index (χ2n) is 3.74. The Hall–Kier alpha value is -0.290. The fraction of sp³-hybridized carbons (Fsp3) is 0. The van der Waals surface area contributed by atoms with Crippen LogP contribution in [0.2, 0.25) is 0 Å². The Labute approximate surface area is 151 Å². The van der Waals surface area contributed by atoms with Crippen molar-refractivity contribution in [3.8, 4) is 11.5 Å². The predicted molar refractivity (Wildman–Crippen MR) is 64.8 cm³/mol. The minimum atomic E-state index is 0. The first kappa shape index (κ1) is 15.8. The first-order valence-electron chi connectivity index (χ1n) is 4.95. The van der Waals surface area contributed by atoms with Crippen molar-refractivity contribution in [2.45, 2.75) is 0 Å². The van der Waals surface area contributed by atoms with Gasteiger partial charge in [-0.05, 0) is 30.3 Å². The number of benzene rings is 2. The van der Waals surface area contributed by atoms with E-state index in [2.05, 4.69) is 4.98 Å². The normalized spacial score (nSPS) is 9.78. The average molecular weight is 259 g/mol. The number of hydrogen-bond donors (Lipinski definition) is 2. The molecule has 0 bridgehead atoms. The van der Waals surface area contributed by atoms with Gasteiger partial charge in [-0.2, -0.15) is 0 Å². The largest absolute Gasteiger partial charge is 1.00 e. The molecule has 82 valence electrons. The van der Waals surface area contributed by atoms with Gasteiger partial charge < -0.3 is 13.1 Å². The zero-order chi connectivity index (χ0) is 11.1. The topological polar surface area (TPSA) is 53.4 Å². The summed E-state index contributed by atoms with van der Waals surface area (Å²) >= 11 is 0. The zero-order valence-corrected chi connectivity index (χ0v) is 14.4. The van der Waals surface area contributed by atoms with E-state index < -0.39 is 0 Å². The standard InChI is InChI=1S/C13H9NO2.2Na.2H/c15-10-3-1-8-5-9-2-4-11(16)7-13(9)14-12(8)6-10;;;;/h1-7,15-16H;;;;/q;2*+1;2*-1. The van der Waals surface area contributed by atoms with Crippen LogP contribution in [-0.2, 0) is 0 Å². The molecule has 1 aromatic heterocycles. The van der Waals surface area contributed by atoms with Crippen molar-refractivity contribution in [2.75, 3.05) is 0 Å². The third kappa shape index (κ3) is 2.99. The van der Waals surface area contributed by atoms with E-state index in [4.69, 9.17) is 0 Å². The second-order valence-corrected chi connectivity index (χ2v) is 3.74. The summed E-state index contributed by atoms with van der Waals surface area (Å²) in [5.41, 5.74) is 1.44. The monoisotopic (exact) mass is 259 g/mol. The molecule has 3 rings (SSSR count). The van der Waals surface area contributed by atoms with E-state index in [1.165, 1.54) is 0 Å². The van der Waals surface area contributed by atoms with Crippen molar-refractivity contribution in [2.24, 2.45) is 0 Å². The van der Waals surface area contributed by atoms with Crippen LogP contribution in [0.5, 0.6) is 11.5 Å². The maximum atomic E-state index is 9.37. The van der Waals surface area contributed by atoms with Crippen LogP contribution >= 0.6 is 0 Å². The van der Waals surface area contributed by atoms with Crippen LogP contribution in [-0.4, -0.2) is 15.2 Å². The van der Waals surface area contributed by atoms with Gasteiger partial charge in [0.25, 0.3) is 0 Å². The van der Waals surface area contributed by atoms with E-state index in [0.717, 1.165) is 21.8 Å². The molecule has 2 N–H and O–H groups in total. The number of aromatic nitrogens is 1. The first-order chi connectivity index (χ1) is 7.72. The number of phenols is 2. The van der Waals surface area contributed by atoms with Gasteiger partial charge in [0.05, 0.1) is 11.0 Å². The quantitative estimate of drug-likeness (QED) is 0.335. The van der Waals surface area contributed by atoms with Crippen LogP contribution in [0.25, 0.3) is 21.8 Å². The summed E-state index contributed by atoms with van der Waals surface area (Å²) in [5.74, 6) is 0.388. The Balaban J connectivity index is 0. The molecule has 0 aliphatic heterocycles. The molecule has 2 aromatic carbocycles. The van der Waals surface area contributed by atoms with Crippen LogP contribution in [0.3, 0.4) is 0 Å². The molecule has 0 saturated carbocycles. The molecule has 0 aliphatic carbocycles. The minimum Gasteiger partial charge on any atom is -1.00 e. The van der Waals surface area contributed by atoms with E-state index in [-0.39, 0.29) is 73.5 Å². The van der Waals surface area contributed by atoms with E-state index >= 15 is 0 Å². The summed E-state index contributed by atoms with van der Waals surface area (Å²) in [5, 5.41) is 20.7. The van der Waals surface area contributed by atoms with Crippen molar-refractivity contribution >= 4 is 21.8 Å². The Morgan fingerprint density at radius 1 is 0.722 bits per heavy atom. The van der Waals surface area contributed by atoms with Crippen LogP contribution in [0, 0.1) is 0 Å². The van der Waals surface area contributed by atoms with Gasteiger partial charge in [-0.15, -0.1) is 0 Å². The van der Waals surface area contributed by atoms with Gasteiger partial charge in [0.1, 0.15) is 11.5 Å². The van der Waals surface area contributed by atoms with E-state index in [9.17, 15) is 10.2 Å². The number of rotatable bonds is 0. The van der Waals surface area contributed by atoms with Crippen molar-refractivity contribution in [3.05, 3.63) is 42.5 Å². The summed E-state index contributed by atoms with van der Waals surface area (Å²) in [6.45, 7) is 0. The molecule has 0 radical (unpaired) electrons. The summed E-state index contributed by atoms with van der Waals surface area (Å²) in [4.78, 5) is 4.38. The SMILES string of the molecule is Oc1ccc2cc3ccc(O)cc3nc2c1.[H-].[H-].[Na+].[Na+]. The van der Waals surface area contributed by atoms with Gasteiger partial charge in [-0.1, -0.05) is 0 Å². The second kappa shape index (κ2) is 6.24. The van der Waals surface area contributed by atoms with Crippen molar-refractivity contribution in [1.29, 1.82) is 0 Å². The van der Waals surface area contributed by atoms with E-state index in [0.29, 0.717) is 0 Å². The zero-order valence-electron chi connectivity index (χ0n) is 12.4. The van der Waals surface area contributed by atoms with E-state index in [1.54, 1.807) is 24.3 Å². The average Bonchev–Trinajstić information content (AvgIpc) is 2.26. The Morgan fingerprint density at radius 3 is 1.61 bits per heavy atom. The van der Waals surface area contributed by atoms with Crippen molar-refractivity contribution in [3.63, 3.8) is 0 Å². The molecule has 0 fully saturated rings. The first-order valence-corrected chi connectivity index (χ1v) is 4.95. The Morgan fingerprint density at radius 2 is 1.17 bits per heavy atom. The molecule has 5 heteroatoms. The van der Waals surface area contributed by atoms with Crippen LogP contribution in [0.15, 0.2) is 42.5 Å². The molecule has 0 amide bonds. The van der Waals surface area contributed by atoms with Gasteiger partial charge in [-0.3, -0.25) is 0 Å². The molecule has 0 atom stereocenters. The number of hydrogen-bond acceptors (Lipinski definition) is 3. The summed E-state index contributed by atoms with van der Waals surface area (Å²) in [6.07, 6.45) is 0. The Bertz CT molecular complexity index is 653. The molecular formula is C13H11NNa2O2. The molecule has 0 spiro atoms. The van der Waals surface area contributed by atoms with Crippen molar-refractivity contribution in [1.82, 2.24) is 4.98 Å². The summed E-state index contributed by atoms with van der Waals surface area (Å²) in [7, 11) is 0. The predicted octanol–water partition coefficient (Wildman–Crippen LogP) is -2.97. The van der Waals surface area contributed by atoms with Crippen molar-refractivity contribution < 1.29 is 72.2 Å². The van der Waals surface area contributed by atoms with Crippen LogP contribution < -0.4 is 59.1 Å². The number of nitrogens with zero attached hydrogens (tertiary/aromatic N) is 1. The maximum absolute atomic E-state index is 9.37. The summed E-state index contributed by atoms with van der Waals surface area (Å²) < 4.78 is 0. The molecule has 18 heavy (non-hydrogen) atoms. The molecule has 0 aliphatic rings. The van der Waals surface area contributed by atoms with Gasteiger partial charge in [0.15, 0.2) is 0 Å². The van der Waals surface area contributed by atoms with Crippen LogP contribution in [0.1, 0.15) is 2.85 Å². The van der Waals surface area contributed by atoms with Gasteiger partial charge >= 0.3 is 59.1 Å². The third-order valence-electron chi connectivity index (χ3n) is 2.58. The number of phenolic OH excluding ortho intramolecular Hbond substituents is 2. The van der Waals surface area contributed by atoms with Gasteiger partial charge in [-0.25, -0.2) is 4.98 Å². The van der Waals surface area contributed by atoms with Gasteiger partial charge in [0.2, 0.25) is 0 Å².